The van der Waals surface area contributed by atoms with Crippen LogP contribution in [0.15, 0.2) is 21.4 Å². The van der Waals surface area contributed by atoms with Gasteiger partial charge in [0.05, 0.1) is 13.7 Å². The molecule has 0 spiro atoms. The van der Waals surface area contributed by atoms with Crippen LogP contribution in [0.3, 0.4) is 0 Å². The number of hydrogen-bond acceptors (Lipinski definition) is 4. The quantitative estimate of drug-likeness (QED) is 0.792. The minimum Gasteiger partial charge on any atom is -0.288 e. The highest BCUT2D eigenvalue weighted by Crippen LogP contribution is 2.27. The lowest BCUT2D eigenvalue weighted by atomic mass is 10.2. The third kappa shape index (κ3) is 1.80. The summed E-state index contributed by atoms with van der Waals surface area (Å²) in [7, 11) is 0. The SMILES string of the molecule is Cc1ncc(C(=O)c2ccsc2Br)s1. The van der Waals surface area contributed by atoms with Crippen molar-refractivity contribution in [1.29, 1.82) is 0 Å². The third-order valence-corrected chi connectivity index (χ3v) is 4.31. The van der Waals surface area contributed by atoms with Gasteiger partial charge in [-0.2, -0.15) is 0 Å². The number of ketones is 1. The summed E-state index contributed by atoms with van der Waals surface area (Å²) in [6, 6.07) is 1.83. The number of thiophene rings is 1. The van der Waals surface area contributed by atoms with Gasteiger partial charge in [-0.15, -0.1) is 22.7 Å². The van der Waals surface area contributed by atoms with E-state index in [2.05, 4.69) is 20.9 Å². The Hall–Kier alpha value is -0.520. The molecule has 0 fully saturated rings. The summed E-state index contributed by atoms with van der Waals surface area (Å²) >= 11 is 6.29. The van der Waals surface area contributed by atoms with Crippen LogP contribution < -0.4 is 0 Å². The zero-order valence-corrected chi connectivity index (χ0v) is 10.5. The summed E-state index contributed by atoms with van der Waals surface area (Å²) in [6.45, 7) is 1.89. The Balaban J connectivity index is 2.38. The number of halogens is 1. The zero-order valence-electron chi connectivity index (χ0n) is 7.28. The van der Waals surface area contributed by atoms with Gasteiger partial charge in [0.15, 0.2) is 0 Å². The number of thiazole rings is 1. The van der Waals surface area contributed by atoms with E-state index in [1.165, 1.54) is 22.7 Å². The predicted molar refractivity (Wildman–Crippen MR) is 62.3 cm³/mol. The summed E-state index contributed by atoms with van der Waals surface area (Å²) in [4.78, 5) is 16.6. The van der Waals surface area contributed by atoms with Crippen LogP contribution in [0.1, 0.15) is 20.2 Å². The van der Waals surface area contributed by atoms with Crippen LogP contribution in [0.25, 0.3) is 0 Å². The van der Waals surface area contributed by atoms with Crippen LogP contribution in [0.2, 0.25) is 0 Å². The van der Waals surface area contributed by atoms with Crippen LogP contribution >= 0.6 is 38.6 Å². The second-order valence-electron chi connectivity index (χ2n) is 2.68. The van der Waals surface area contributed by atoms with Gasteiger partial charge in [0.25, 0.3) is 0 Å². The number of rotatable bonds is 2. The molecule has 0 aromatic carbocycles. The van der Waals surface area contributed by atoms with Crippen molar-refractivity contribution < 1.29 is 4.79 Å². The minimum absolute atomic E-state index is 0.0451. The third-order valence-electron chi connectivity index (χ3n) is 1.71. The number of aryl methyl sites for hydroxylation is 1. The van der Waals surface area contributed by atoms with E-state index in [1.54, 1.807) is 6.20 Å². The molecule has 14 heavy (non-hydrogen) atoms. The first-order valence-electron chi connectivity index (χ1n) is 3.88. The maximum absolute atomic E-state index is 11.9. The maximum atomic E-state index is 11.9. The molecule has 0 aliphatic carbocycles. The second-order valence-corrected chi connectivity index (χ2v) is 6.15. The van der Waals surface area contributed by atoms with Crippen molar-refractivity contribution in [2.75, 3.05) is 0 Å². The molecule has 0 saturated heterocycles. The lowest BCUT2D eigenvalue weighted by molar-refractivity contribution is 0.104. The Morgan fingerprint density at radius 1 is 1.57 bits per heavy atom. The average molecular weight is 288 g/mol. The van der Waals surface area contributed by atoms with E-state index in [1.807, 2.05) is 18.4 Å². The van der Waals surface area contributed by atoms with Gasteiger partial charge in [-0.3, -0.25) is 4.79 Å². The van der Waals surface area contributed by atoms with Crippen LogP contribution in [-0.2, 0) is 0 Å². The first-order valence-corrected chi connectivity index (χ1v) is 6.37. The number of aromatic nitrogens is 1. The van der Waals surface area contributed by atoms with Crippen molar-refractivity contribution in [3.63, 3.8) is 0 Å². The van der Waals surface area contributed by atoms with Gasteiger partial charge in [0, 0.05) is 11.8 Å². The molecular weight excluding hydrogens is 282 g/mol. The van der Waals surface area contributed by atoms with Crippen LogP contribution in [0.4, 0.5) is 0 Å². The van der Waals surface area contributed by atoms with Crippen molar-refractivity contribution >= 4 is 44.4 Å². The molecule has 0 aliphatic heterocycles. The van der Waals surface area contributed by atoms with Crippen molar-refractivity contribution in [1.82, 2.24) is 4.98 Å². The summed E-state index contributed by atoms with van der Waals surface area (Å²) in [5.41, 5.74) is 0.721. The van der Waals surface area contributed by atoms with Crippen LogP contribution in [0, 0.1) is 6.92 Å². The smallest absolute Gasteiger partial charge is 0.206 e. The highest BCUT2D eigenvalue weighted by atomic mass is 79.9. The van der Waals surface area contributed by atoms with Gasteiger partial charge in [-0.25, -0.2) is 4.98 Å². The summed E-state index contributed by atoms with van der Waals surface area (Å²) < 4.78 is 0.883. The fourth-order valence-corrected chi connectivity index (χ4v) is 3.03. The lowest BCUT2D eigenvalue weighted by Gasteiger charge is -1.93. The molecule has 0 bridgehead atoms. The number of nitrogens with zero attached hydrogens (tertiary/aromatic N) is 1. The van der Waals surface area contributed by atoms with Crippen molar-refractivity contribution in [2.24, 2.45) is 0 Å². The Morgan fingerprint density at radius 3 is 2.86 bits per heavy atom. The molecule has 0 N–H and O–H groups in total. The van der Waals surface area contributed by atoms with Crippen molar-refractivity contribution in [2.45, 2.75) is 6.92 Å². The standard InChI is InChI=1S/C9H6BrNOS2/c1-5-11-4-7(14-5)8(12)6-2-3-13-9(6)10/h2-4H,1H3. The molecule has 2 rings (SSSR count). The second kappa shape index (κ2) is 3.92. The molecule has 2 aromatic heterocycles. The van der Waals surface area contributed by atoms with Gasteiger partial charge < -0.3 is 0 Å². The largest absolute Gasteiger partial charge is 0.288 e. The summed E-state index contributed by atoms with van der Waals surface area (Å²) in [6.07, 6.45) is 1.63. The van der Waals surface area contributed by atoms with E-state index in [4.69, 9.17) is 0 Å². The molecule has 0 saturated carbocycles. The Bertz CT molecular complexity index is 475. The van der Waals surface area contributed by atoms with E-state index in [0.29, 0.717) is 4.88 Å². The van der Waals surface area contributed by atoms with E-state index >= 15 is 0 Å². The van der Waals surface area contributed by atoms with E-state index in [-0.39, 0.29) is 5.78 Å². The Morgan fingerprint density at radius 2 is 2.36 bits per heavy atom. The molecule has 5 heteroatoms. The zero-order chi connectivity index (χ0) is 10.1. The maximum Gasteiger partial charge on any atom is 0.206 e. The molecule has 0 radical (unpaired) electrons. The Labute approximate surface area is 97.7 Å². The summed E-state index contributed by atoms with van der Waals surface area (Å²) in [5, 5.41) is 2.81. The first kappa shape index (κ1) is 10.0. The van der Waals surface area contributed by atoms with Gasteiger partial charge in [0.2, 0.25) is 5.78 Å². The van der Waals surface area contributed by atoms with Crippen LogP contribution in [0.5, 0.6) is 0 Å². The van der Waals surface area contributed by atoms with Gasteiger partial charge in [0.1, 0.15) is 0 Å². The molecule has 0 aliphatic rings. The fraction of sp³-hybridized carbons (Fsp3) is 0.111. The fourth-order valence-electron chi connectivity index (χ4n) is 1.05. The minimum atomic E-state index is 0.0451. The molecule has 72 valence electrons. The normalized spacial score (nSPS) is 10.4. The van der Waals surface area contributed by atoms with Gasteiger partial charge >= 0.3 is 0 Å². The molecule has 0 atom stereocenters. The van der Waals surface area contributed by atoms with E-state index < -0.39 is 0 Å². The number of carbonyl (C=O) groups excluding carboxylic acids is 1. The van der Waals surface area contributed by atoms with Crippen molar-refractivity contribution in [3.05, 3.63) is 36.9 Å². The Kier molecular flexibility index (Phi) is 2.80. The topological polar surface area (TPSA) is 30.0 Å². The van der Waals surface area contributed by atoms with E-state index in [9.17, 15) is 4.79 Å². The van der Waals surface area contributed by atoms with Crippen molar-refractivity contribution in [3.8, 4) is 0 Å². The first-order chi connectivity index (χ1) is 6.68. The summed E-state index contributed by atoms with van der Waals surface area (Å²) in [5.74, 6) is 0.0451. The highest BCUT2D eigenvalue weighted by molar-refractivity contribution is 9.11. The van der Waals surface area contributed by atoms with Gasteiger partial charge in [-0.05, 0) is 34.3 Å². The monoisotopic (exact) mass is 287 g/mol. The average Bonchev–Trinajstić information content (AvgIpc) is 2.73. The molecule has 0 unspecified atom stereocenters. The molecule has 0 amide bonds. The molecule has 2 aromatic rings. The molecule has 2 nitrogen and oxygen atoms in total. The number of hydrogen-bond donors (Lipinski definition) is 0. The van der Waals surface area contributed by atoms with Gasteiger partial charge in [-0.1, -0.05) is 0 Å². The number of carbonyl (C=O) groups is 1. The van der Waals surface area contributed by atoms with Crippen LogP contribution in [-0.4, -0.2) is 10.8 Å². The lowest BCUT2D eigenvalue weighted by Crippen LogP contribution is -1.96. The molecule has 2 heterocycles. The van der Waals surface area contributed by atoms with E-state index in [0.717, 1.165) is 14.4 Å². The highest BCUT2D eigenvalue weighted by Gasteiger charge is 2.15. The predicted octanol–water partition coefficient (Wildman–Crippen LogP) is 3.51. The molecular formula is C9H6BrNOS2.